The van der Waals surface area contributed by atoms with Crippen LogP contribution in [0.1, 0.15) is 24.1 Å². The molecule has 0 amide bonds. The first kappa shape index (κ1) is 15.0. The number of likely N-dealkylation sites (N-methyl/N-ethyl adjacent to an activating group) is 1. The predicted octanol–water partition coefficient (Wildman–Crippen LogP) is 1.78. The minimum atomic E-state index is -0.267. The van der Waals surface area contributed by atoms with Gasteiger partial charge in [-0.25, -0.2) is 4.39 Å². The average molecular weight is 270 g/mol. The summed E-state index contributed by atoms with van der Waals surface area (Å²) in [6, 6.07) is 4.59. The Morgan fingerprint density at radius 3 is 2.67 bits per heavy atom. The van der Waals surface area contributed by atoms with Gasteiger partial charge in [0, 0.05) is 6.54 Å². The van der Waals surface area contributed by atoms with E-state index in [0.29, 0.717) is 23.6 Å². The molecule has 3 N–H and O–H groups in total. The Bertz CT molecular complexity index is 425. The molecule has 100 valence electrons. The van der Waals surface area contributed by atoms with Crippen LogP contribution in [0.15, 0.2) is 18.2 Å². The van der Waals surface area contributed by atoms with Crippen LogP contribution in [-0.4, -0.2) is 34.7 Å². The molecule has 0 aliphatic carbocycles. The summed E-state index contributed by atoms with van der Waals surface area (Å²) in [5.41, 5.74) is 7.20. The van der Waals surface area contributed by atoms with Gasteiger partial charge in [0.1, 0.15) is 5.82 Å². The molecule has 0 saturated heterocycles. The molecule has 1 aromatic rings. The summed E-state index contributed by atoms with van der Waals surface area (Å²) in [5, 5.41) is 9.06. The summed E-state index contributed by atoms with van der Waals surface area (Å²) in [6.45, 7) is 4.90. The molecule has 1 rings (SSSR count). The Labute approximate surface area is 112 Å². The summed E-state index contributed by atoms with van der Waals surface area (Å²) >= 11 is 5.09. The maximum atomic E-state index is 13.3. The Hall–Kier alpha value is -1.04. The monoisotopic (exact) mass is 270 g/mol. The van der Waals surface area contributed by atoms with E-state index in [9.17, 15) is 4.39 Å². The van der Waals surface area contributed by atoms with Gasteiger partial charge in [0.25, 0.3) is 0 Å². The second-order valence-corrected chi connectivity index (χ2v) is 4.64. The number of benzene rings is 1. The number of aryl methyl sites for hydroxylation is 1. The zero-order chi connectivity index (χ0) is 13.7. The normalized spacial score (nSPS) is 12.7. The smallest absolute Gasteiger partial charge is 0.126 e. The molecular weight excluding hydrogens is 251 g/mol. The number of hydrogen-bond donors (Lipinski definition) is 2. The van der Waals surface area contributed by atoms with Gasteiger partial charge >= 0.3 is 0 Å². The van der Waals surface area contributed by atoms with Crippen LogP contribution >= 0.6 is 12.2 Å². The lowest BCUT2D eigenvalue weighted by molar-refractivity contribution is 0.185. The molecule has 18 heavy (non-hydrogen) atoms. The van der Waals surface area contributed by atoms with Crippen LogP contribution in [0.4, 0.5) is 4.39 Å². The zero-order valence-electron chi connectivity index (χ0n) is 10.7. The summed E-state index contributed by atoms with van der Waals surface area (Å²) in [5.74, 6) is -0.245. The van der Waals surface area contributed by atoms with Crippen LogP contribution < -0.4 is 5.73 Å². The molecule has 0 aromatic heterocycles. The second-order valence-electron chi connectivity index (χ2n) is 4.17. The second kappa shape index (κ2) is 6.78. The molecule has 1 unspecified atom stereocenters. The third kappa shape index (κ3) is 3.48. The molecule has 1 aromatic carbocycles. The molecule has 0 radical (unpaired) electrons. The van der Waals surface area contributed by atoms with E-state index in [0.717, 1.165) is 5.56 Å². The lowest BCUT2D eigenvalue weighted by Crippen LogP contribution is -2.38. The van der Waals surface area contributed by atoms with E-state index in [1.54, 1.807) is 19.1 Å². The lowest BCUT2D eigenvalue weighted by Gasteiger charge is -2.29. The van der Waals surface area contributed by atoms with Gasteiger partial charge in [-0.15, -0.1) is 0 Å². The molecule has 0 aliphatic rings. The van der Waals surface area contributed by atoms with Crippen molar-refractivity contribution in [3.8, 4) is 0 Å². The van der Waals surface area contributed by atoms with Crippen molar-refractivity contribution < 1.29 is 9.50 Å². The number of hydrogen-bond acceptors (Lipinski definition) is 3. The van der Waals surface area contributed by atoms with Gasteiger partial charge in [0.15, 0.2) is 0 Å². The molecule has 0 spiro atoms. The van der Waals surface area contributed by atoms with Gasteiger partial charge in [0.05, 0.1) is 17.6 Å². The van der Waals surface area contributed by atoms with Crippen molar-refractivity contribution in [3.63, 3.8) is 0 Å². The quantitative estimate of drug-likeness (QED) is 0.774. The molecule has 0 fully saturated rings. The highest BCUT2D eigenvalue weighted by atomic mass is 32.1. The Morgan fingerprint density at radius 1 is 1.56 bits per heavy atom. The van der Waals surface area contributed by atoms with Crippen LogP contribution in [0.2, 0.25) is 0 Å². The Morgan fingerprint density at radius 2 is 2.22 bits per heavy atom. The molecule has 5 heteroatoms. The minimum Gasteiger partial charge on any atom is -0.395 e. The largest absolute Gasteiger partial charge is 0.395 e. The van der Waals surface area contributed by atoms with Crippen molar-refractivity contribution in [1.29, 1.82) is 0 Å². The molecule has 0 bridgehead atoms. The highest BCUT2D eigenvalue weighted by Crippen LogP contribution is 2.23. The fourth-order valence-corrected chi connectivity index (χ4v) is 2.28. The topological polar surface area (TPSA) is 49.5 Å². The van der Waals surface area contributed by atoms with Gasteiger partial charge in [-0.1, -0.05) is 31.3 Å². The van der Waals surface area contributed by atoms with Crippen molar-refractivity contribution in [2.24, 2.45) is 5.73 Å². The van der Waals surface area contributed by atoms with E-state index in [1.165, 1.54) is 6.07 Å². The van der Waals surface area contributed by atoms with Crippen molar-refractivity contribution in [1.82, 2.24) is 4.90 Å². The van der Waals surface area contributed by atoms with E-state index in [-0.39, 0.29) is 18.5 Å². The number of nitrogens with two attached hydrogens (primary N) is 1. The van der Waals surface area contributed by atoms with Crippen LogP contribution in [-0.2, 0) is 0 Å². The van der Waals surface area contributed by atoms with E-state index in [1.807, 2.05) is 11.8 Å². The van der Waals surface area contributed by atoms with Gasteiger partial charge < -0.3 is 10.8 Å². The molecule has 3 nitrogen and oxygen atoms in total. The van der Waals surface area contributed by atoms with Crippen LogP contribution in [0, 0.1) is 12.7 Å². The SMILES string of the molecule is CCN(CCO)C(C(N)=S)c1ccc(F)c(C)c1. The molecule has 0 saturated carbocycles. The molecule has 0 aliphatic heterocycles. The third-order valence-corrected chi connectivity index (χ3v) is 3.15. The first-order chi connectivity index (χ1) is 8.51. The predicted molar refractivity (Wildman–Crippen MR) is 75.0 cm³/mol. The van der Waals surface area contributed by atoms with Crippen molar-refractivity contribution >= 4 is 17.2 Å². The van der Waals surface area contributed by atoms with Gasteiger partial charge in [0.2, 0.25) is 0 Å². The number of halogens is 1. The van der Waals surface area contributed by atoms with E-state index < -0.39 is 0 Å². The Kier molecular flexibility index (Phi) is 5.65. The van der Waals surface area contributed by atoms with E-state index in [4.69, 9.17) is 23.1 Å². The fourth-order valence-electron chi connectivity index (χ4n) is 1.99. The highest BCUT2D eigenvalue weighted by molar-refractivity contribution is 7.80. The number of rotatable bonds is 6. The van der Waals surface area contributed by atoms with E-state index in [2.05, 4.69) is 0 Å². The van der Waals surface area contributed by atoms with Gasteiger partial charge in [-0.05, 0) is 30.7 Å². The van der Waals surface area contributed by atoms with Crippen LogP contribution in [0.25, 0.3) is 0 Å². The summed E-state index contributed by atoms with van der Waals surface area (Å²) in [7, 11) is 0. The minimum absolute atomic E-state index is 0.0349. The average Bonchev–Trinajstić information content (AvgIpc) is 2.32. The maximum Gasteiger partial charge on any atom is 0.126 e. The maximum absolute atomic E-state index is 13.3. The van der Waals surface area contributed by atoms with Crippen LogP contribution in [0.5, 0.6) is 0 Å². The molecule has 1 atom stereocenters. The fraction of sp³-hybridized carbons (Fsp3) is 0.462. The Balaban J connectivity index is 3.10. The van der Waals surface area contributed by atoms with Gasteiger partial charge in [-0.3, -0.25) is 4.90 Å². The number of aliphatic hydroxyl groups excluding tert-OH is 1. The number of nitrogens with zero attached hydrogens (tertiary/aromatic N) is 1. The standard InChI is InChI=1S/C13H19FN2OS/c1-3-16(6-7-17)12(13(15)18)10-4-5-11(14)9(2)8-10/h4-5,8,12,17H,3,6-7H2,1-2H3,(H2,15,18). The van der Waals surface area contributed by atoms with E-state index >= 15 is 0 Å². The molecule has 0 heterocycles. The summed E-state index contributed by atoms with van der Waals surface area (Å²) in [4.78, 5) is 2.30. The number of aliphatic hydroxyl groups is 1. The highest BCUT2D eigenvalue weighted by Gasteiger charge is 2.22. The lowest BCUT2D eigenvalue weighted by atomic mass is 10.0. The molecular formula is C13H19FN2OS. The first-order valence-corrected chi connectivity index (χ1v) is 6.32. The summed E-state index contributed by atoms with van der Waals surface area (Å²) in [6.07, 6.45) is 0. The van der Waals surface area contributed by atoms with Crippen molar-refractivity contribution in [3.05, 3.63) is 35.1 Å². The van der Waals surface area contributed by atoms with Gasteiger partial charge in [-0.2, -0.15) is 0 Å². The third-order valence-electron chi connectivity index (χ3n) is 2.93. The van der Waals surface area contributed by atoms with Crippen molar-refractivity contribution in [2.75, 3.05) is 19.7 Å². The van der Waals surface area contributed by atoms with Crippen molar-refractivity contribution in [2.45, 2.75) is 19.9 Å². The number of thiocarbonyl (C=S) groups is 1. The first-order valence-electron chi connectivity index (χ1n) is 5.91. The summed E-state index contributed by atoms with van der Waals surface area (Å²) < 4.78 is 13.3. The zero-order valence-corrected chi connectivity index (χ0v) is 11.5. The van der Waals surface area contributed by atoms with Crippen LogP contribution in [0.3, 0.4) is 0 Å².